The van der Waals surface area contributed by atoms with Crippen molar-refractivity contribution in [2.24, 2.45) is 0 Å². The van der Waals surface area contributed by atoms with Crippen molar-refractivity contribution in [2.45, 2.75) is 59.3 Å². The highest BCUT2D eigenvalue weighted by atomic mass is 16.6. The standard InChI is InChI=1S/C24H31N3O4/c1-16(2)30-21-8-6-7-19(14-21)25-22(28)26-20-10-9-18-15-27(12-11-17(18)13-20)23(29)31-24(3,4)5/h6-10,13-14,16H,11-12,15H2,1-5H3,(H2,25,26,28). The van der Waals surface area contributed by atoms with Crippen molar-refractivity contribution in [3.05, 3.63) is 53.6 Å². The number of ether oxygens (including phenoxy) is 2. The van der Waals surface area contributed by atoms with Gasteiger partial charge in [-0.2, -0.15) is 0 Å². The molecule has 2 aromatic carbocycles. The van der Waals surface area contributed by atoms with Crippen molar-refractivity contribution in [2.75, 3.05) is 17.2 Å². The van der Waals surface area contributed by atoms with E-state index in [0.29, 0.717) is 36.6 Å². The van der Waals surface area contributed by atoms with Crippen molar-refractivity contribution >= 4 is 23.5 Å². The van der Waals surface area contributed by atoms with Gasteiger partial charge in [0.2, 0.25) is 0 Å². The second-order valence-corrected chi connectivity index (χ2v) is 8.91. The van der Waals surface area contributed by atoms with Gasteiger partial charge in [-0.3, -0.25) is 0 Å². The molecule has 0 aliphatic carbocycles. The summed E-state index contributed by atoms with van der Waals surface area (Å²) in [5.74, 6) is 0.705. The van der Waals surface area contributed by atoms with Crippen LogP contribution in [0.25, 0.3) is 0 Å². The average Bonchev–Trinajstić information content (AvgIpc) is 2.66. The number of carbonyl (C=O) groups is 2. The summed E-state index contributed by atoms with van der Waals surface area (Å²) in [5.41, 5.74) is 3.02. The van der Waals surface area contributed by atoms with Crippen LogP contribution >= 0.6 is 0 Å². The fraction of sp³-hybridized carbons (Fsp3) is 0.417. The molecule has 31 heavy (non-hydrogen) atoms. The number of nitrogens with zero attached hydrogens (tertiary/aromatic N) is 1. The third-order valence-corrected chi connectivity index (χ3v) is 4.59. The van der Waals surface area contributed by atoms with Gasteiger partial charge in [0.25, 0.3) is 0 Å². The van der Waals surface area contributed by atoms with E-state index in [9.17, 15) is 9.59 Å². The van der Waals surface area contributed by atoms with E-state index in [1.165, 1.54) is 0 Å². The topological polar surface area (TPSA) is 79.9 Å². The first-order chi connectivity index (χ1) is 14.6. The summed E-state index contributed by atoms with van der Waals surface area (Å²) >= 11 is 0. The molecule has 1 aliphatic rings. The summed E-state index contributed by atoms with van der Waals surface area (Å²) in [4.78, 5) is 26.5. The van der Waals surface area contributed by atoms with Gasteiger partial charge in [0.15, 0.2) is 0 Å². The maximum absolute atomic E-state index is 12.4. The van der Waals surface area contributed by atoms with Crippen LogP contribution in [0.15, 0.2) is 42.5 Å². The van der Waals surface area contributed by atoms with Gasteiger partial charge in [0.05, 0.1) is 6.10 Å². The van der Waals surface area contributed by atoms with Crippen LogP contribution in [0, 0.1) is 0 Å². The molecule has 1 heterocycles. The van der Waals surface area contributed by atoms with Gasteiger partial charge in [-0.15, -0.1) is 0 Å². The Morgan fingerprint density at radius 1 is 1.00 bits per heavy atom. The molecule has 0 radical (unpaired) electrons. The minimum absolute atomic E-state index is 0.0609. The molecule has 7 nitrogen and oxygen atoms in total. The molecule has 0 saturated heterocycles. The lowest BCUT2D eigenvalue weighted by Gasteiger charge is -2.31. The lowest BCUT2D eigenvalue weighted by Crippen LogP contribution is -2.39. The van der Waals surface area contributed by atoms with Gasteiger partial charge in [-0.05, 0) is 76.4 Å². The van der Waals surface area contributed by atoms with Crippen molar-refractivity contribution < 1.29 is 19.1 Å². The molecule has 7 heteroatoms. The molecule has 0 spiro atoms. The van der Waals surface area contributed by atoms with Crippen molar-refractivity contribution in [1.29, 1.82) is 0 Å². The summed E-state index contributed by atoms with van der Waals surface area (Å²) in [6, 6.07) is 12.7. The number of anilines is 2. The van der Waals surface area contributed by atoms with Gasteiger partial charge in [-0.25, -0.2) is 9.59 Å². The molecular formula is C24H31N3O4. The molecule has 2 N–H and O–H groups in total. The Morgan fingerprint density at radius 3 is 2.39 bits per heavy atom. The number of hydrogen-bond donors (Lipinski definition) is 2. The van der Waals surface area contributed by atoms with Crippen LogP contribution in [-0.2, 0) is 17.7 Å². The first kappa shape index (κ1) is 22.5. The van der Waals surface area contributed by atoms with Crippen LogP contribution in [0.2, 0.25) is 0 Å². The van der Waals surface area contributed by atoms with Crippen LogP contribution in [-0.4, -0.2) is 35.3 Å². The van der Waals surface area contributed by atoms with E-state index in [2.05, 4.69) is 10.6 Å². The maximum Gasteiger partial charge on any atom is 0.410 e. The van der Waals surface area contributed by atoms with Gasteiger partial charge >= 0.3 is 12.1 Å². The fourth-order valence-electron chi connectivity index (χ4n) is 3.33. The highest BCUT2D eigenvalue weighted by molar-refractivity contribution is 5.99. The van der Waals surface area contributed by atoms with Crippen LogP contribution in [0.4, 0.5) is 21.0 Å². The first-order valence-electron chi connectivity index (χ1n) is 10.5. The molecule has 0 bridgehead atoms. The Hall–Kier alpha value is -3.22. The summed E-state index contributed by atoms with van der Waals surface area (Å²) in [7, 11) is 0. The molecule has 1 aliphatic heterocycles. The number of nitrogens with one attached hydrogen (secondary N) is 2. The van der Waals surface area contributed by atoms with Crippen molar-refractivity contribution in [3.8, 4) is 5.75 Å². The summed E-state index contributed by atoms with van der Waals surface area (Å²) in [6.45, 7) is 10.6. The zero-order valence-electron chi connectivity index (χ0n) is 18.8. The van der Waals surface area contributed by atoms with E-state index in [4.69, 9.17) is 9.47 Å². The third-order valence-electron chi connectivity index (χ3n) is 4.59. The Morgan fingerprint density at radius 2 is 1.71 bits per heavy atom. The lowest BCUT2D eigenvalue weighted by atomic mass is 9.99. The average molecular weight is 426 g/mol. The van der Waals surface area contributed by atoms with E-state index in [1.54, 1.807) is 11.0 Å². The lowest BCUT2D eigenvalue weighted by molar-refractivity contribution is 0.0224. The van der Waals surface area contributed by atoms with Gasteiger partial charge in [0, 0.05) is 30.5 Å². The molecule has 3 rings (SSSR count). The number of urea groups is 1. The van der Waals surface area contributed by atoms with E-state index in [1.807, 2.05) is 71.0 Å². The number of fused-ring (bicyclic) bond motifs is 1. The highest BCUT2D eigenvalue weighted by Gasteiger charge is 2.25. The van der Waals surface area contributed by atoms with E-state index in [-0.39, 0.29) is 18.2 Å². The Bertz CT molecular complexity index is 950. The van der Waals surface area contributed by atoms with Crippen molar-refractivity contribution in [1.82, 2.24) is 4.90 Å². The zero-order chi connectivity index (χ0) is 22.6. The molecular weight excluding hydrogens is 394 g/mol. The largest absolute Gasteiger partial charge is 0.491 e. The normalized spacial score (nSPS) is 13.4. The van der Waals surface area contributed by atoms with Gasteiger partial charge in [-0.1, -0.05) is 12.1 Å². The molecule has 0 aromatic heterocycles. The summed E-state index contributed by atoms with van der Waals surface area (Å²) in [6.07, 6.45) is 0.467. The smallest absolute Gasteiger partial charge is 0.410 e. The van der Waals surface area contributed by atoms with Gasteiger partial charge in [0.1, 0.15) is 11.4 Å². The Balaban J connectivity index is 1.60. The molecule has 3 amide bonds. The Kier molecular flexibility index (Phi) is 6.73. The second kappa shape index (κ2) is 9.29. The predicted molar refractivity (Wildman–Crippen MR) is 122 cm³/mol. The van der Waals surface area contributed by atoms with Crippen LogP contribution in [0.1, 0.15) is 45.7 Å². The van der Waals surface area contributed by atoms with Crippen LogP contribution < -0.4 is 15.4 Å². The number of hydrogen-bond acceptors (Lipinski definition) is 4. The minimum Gasteiger partial charge on any atom is -0.491 e. The number of rotatable bonds is 4. The zero-order valence-corrected chi connectivity index (χ0v) is 18.8. The SMILES string of the molecule is CC(C)Oc1cccc(NC(=O)Nc2ccc3c(c2)CCN(C(=O)OC(C)(C)C)C3)c1. The Labute approximate surface area is 183 Å². The summed E-state index contributed by atoms with van der Waals surface area (Å²) in [5, 5.41) is 5.70. The van der Waals surface area contributed by atoms with E-state index in [0.717, 1.165) is 11.1 Å². The van der Waals surface area contributed by atoms with Crippen LogP contribution in [0.3, 0.4) is 0 Å². The molecule has 0 saturated carbocycles. The highest BCUT2D eigenvalue weighted by Crippen LogP contribution is 2.24. The summed E-state index contributed by atoms with van der Waals surface area (Å²) < 4.78 is 11.1. The molecule has 166 valence electrons. The van der Waals surface area contributed by atoms with Crippen LogP contribution in [0.5, 0.6) is 5.75 Å². The molecule has 0 atom stereocenters. The number of benzene rings is 2. The number of amides is 3. The quantitative estimate of drug-likeness (QED) is 0.686. The van der Waals surface area contributed by atoms with E-state index < -0.39 is 5.60 Å². The monoisotopic (exact) mass is 425 g/mol. The van der Waals surface area contributed by atoms with E-state index >= 15 is 0 Å². The van der Waals surface area contributed by atoms with Gasteiger partial charge < -0.3 is 25.0 Å². The second-order valence-electron chi connectivity index (χ2n) is 8.91. The fourth-order valence-corrected chi connectivity index (χ4v) is 3.33. The maximum atomic E-state index is 12.4. The third kappa shape index (κ3) is 6.64. The number of carbonyl (C=O) groups excluding carboxylic acids is 2. The molecule has 2 aromatic rings. The molecule has 0 unspecified atom stereocenters. The molecule has 0 fully saturated rings. The minimum atomic E-state index is -0.515. The van der Waals surface area contributed by atoms with Crippen molar-refractivity contribution in [3.63, 3.8) is 0 Å². The first-order valence-corrected chi connectivity index (χ1v) is 10.5. The predicted octanol–water partition coefficient (Wildman–Crippen LogP) is 5.41.